The van der Waals surface area contributed by atoms with Gasteiger partial charge in [-0.3, -0.25) is 4.79 Å². The van der Waals surface area contributed by atoms with Crippen molar-refractivity contribution >= 4 is 39.3 Å². The van der Waals surface area contributed by atoms with Gasteiger partial charge in [0.1, 0.15) is 17.1 Å². The topological polar surface area (TPSA) is 85.3 Å². The number of methoxy groups -OCH3 is 2. The van der Waals surface area contributed by atoms with E-state index in [2.05, 4.69) is 15.9 Å². The third-order valence-corrected chi connectivity index (χ3v) is 7.08. The highest BCUT2D eigenvalue weighted by Crippen LogP contribution is 2.48. The Morgan fingerprint density at radius 1 is 1.25 bits per heavy atom. The molecule has 1 saturated heterocycles. The smallest absolute Gasteiger partial charge is 0.345 e. The van der Waals surface area contributed by atoms with Gasteiger partial charge in [0.2, 0.25) is 0 Å². The van der Waals surface area contributed by atoms with E-state index in [0.717, 1.165) is 6.54 Å². The molecule has 0 amide bonds. The quantitative estimate of drug-likeness (QED) is 0.327. The number of hydrogen-bond donors (Lipinski definition) is 1. The molecule has 32 heavy (non-hydrogen) atoms. The lowest BCUT2D eigenvalue weighted by Crippen LogP contribution is -2.32. The minimum absolute atomic E-state index is 0.0634. The zero-order valence-electron chi connectivity index (χ0n) is 18.3. The second kappa shape index (κ2) is 10.2. The van der Waals surface area contributed by atoms with E-state index < -0.39 is 5.97 Å². The second-order valence-corrected chi connectivity index (χ2v) is 8.80. The molecule has 7 nitrogen and oxygen atoms in total. The number of aliphatic hydroxyl groups is 1. The number of ketones is 1. The number of carbonyl (C=O) groups is 2. The number of nitrogens with zero attached hydrogens (tertiary/aromatic N) is 1. The first-order valence-electron chi connectivity index (χ1n) is 10.0. The number of likely N-dealkylation sites (N-methyl/N-ethyl adjacent to an activating group) is 1. The Bertz CT molecular complexity index is 1040. The van der Waals surface area contributed by atoms with Crippen LogP contribution in [0.4, 0.5) is 0 Å². The van der Waals surface area contributed by atoms with Crippen LogP contribution in [0.1, 0.15) is 45.5 Å². The molecule has 1 heterocycles. The third kappa shape index (κ3) is 4.50. The summed E-state index contributed by atoms with van der Waals surface area (Å²) in [4.78, 5) is 27.9. The first-order valence-corrected chi connectivity index (χ1v) is 11.2. The monoisotopic (exact) mass is 525 g/mol. The standard InChI is InChI=1S/C23H25BrClNO6/c1-12(28)19-17(30-3)10-18(31-4)20(13-8-9-26(2)16(13)11-27)22(19)32-23(29)14-6-5-7-15(24)21(14)25/h5-7,10,13,16,27H,8-9,11H2,1-4H3/t13-,16+/m1/s1. The summed E-state index contributed by atoms with van der Waals surface area (Å²) in [5, 5.41) is 10.2. The minimum atomic E-state index is -0.720. The summed E-state index contributed by atoms with van der Waals surface area (Å²) in [7, 11) is 4.84. The third-order valence-electron chi connectivity index (χ3n) is 5.79. The van der Waals surface area contributed by atoms with Crippen molar-refractivity contribution in [2.75, 3.05) is 34.4 Å². The van der Waals surface area contributed by atoms with Crippen LogP contribution in [0.15, 0.2) is 28.7 Å². The molecule has 0 aliphatic carbocycles. The van der Waals surface area contributed by atoms with E-state index in [9.17, 15) is 14.7 Å². The van der Waals surface area contributed by atoms with E-state index in [1.807, 2.05) is 11.9 Å². The highest BCUT2D eigenvalue weighted by molar-refractivity contribution is 9.10. The van der Waals surface area contributed by atoms with Gasteiger partial charge in [0.15, 0.2) is 11.5 Å². The van der Waals surface area contributed by atoms with Gasteiger partial charge in [0.05, 0.1) is 31.4 Å². The highest BCUT2D eigenvalue weighted by Gasteiger charge is 2.39. The zero-order valence-corrected chi connectivity index (χ0v) is 20.6. The first-order chi connectivity index (χ1) is 15.2. The Morgan fingerprint density at radius 2 is 1.94 bits per heavy atom. The summed E-state index contributed by atoms with van der Waals surface area (Å²) in [6.07, 6.45) is 0.684. The van der Waals surface area contributed by atoms with Crippen molar-refractivity contribution in [2.45, 2.75) is 25.3 Å². The van der Waals surface area contributed by atoms with Gasteiger partial charge in [0.25, 0.3) is 0 Å². The number of hydrogen-bond acceptors (Lipinski definition) is 7. The Hall–Kier alpha value is -2.13. The maximum Gasteiger partial charge on any atom is 0.345 e. The summed E-state index contributed by atoms with van der Waals surface area (Å²) >= 11 is 9.61. The molecule has 0 radical (unpaired) electrons. The highest BCUT2D eigenvalue weighted by atomic mass is 79.9. The molecule has 9 heteroatoms. The molecule has 2 atom stereocenters. The van der Waals surface area contributed by atoms with Gasteiger partial charge in [-0.2, -0.15) is 0 Å². The van der Waals surface area contributed by atoms with E-state index in [4.69, 9.17) is 25.8 Å². The molecule has 0 aromatic heterocycles. The number of aliphatic hydroxyl groups excluding tert-OH is 1. The molecule has 1 aliphatic rings. The van der Waals surface area contributed by atoms with E-state index in [0.29, 0.717) is 22.2 Å². The summed E-state index contributed by atoms with van der Waals surface area (Å²) in [6.45, 7) is 2.00. The lowest BCUT2D eigenvalue weighted by molar-refractivity contribution is 0.0728. The molecule has 2 aromatic carbocycles. The summed E-state index contributed by atoms with van der Waals surface area (Å²) in [5.41, 5.74) is 0.820. The number of benzene rings is 2. The molecule has 0 spiro atoms. The van der Waals surface area contributed by atoms with Crippen molar-refractivity contribution in [3.05, 3.63) is 50.5 Å². The summed E-state index contributed by atoms with van der Waals surface area (Å²) in [6, 6.07) is 6.30. The van der Waals surface area contributed by atoms with Gasteiger partial charge in [-0.1, -0.05) is 17.7 Å². The largest absolute Gasteiger partial charge is 0.496 e. The van der Waals surface area contributed by atoms with Crippen molar-refractivity contribution < 1.29 is 28.9 Å². The maximum absolute atomic E-state index is 13.2. The average molecular weight is 527 g/mol. The molecule has 0 bridgehead atoms. The molecular formula is C23H25BrClNO6. The van der Waals surface area contributed by atoms with Gasteiger partial charge >= 0.3 is 5.97 Å². The van der Waals surface area contributed by atoms with Crippen LogP contribution in [0.25, 0.3) is 0 Å². The predicted octanol–water partition coefficient (Wildman–Crippen LogP) is 4.32. The Kier molecular flexibility index (Phi) is 7.82. The first kappa shape index (κ1) is 24.5. The Morgan fingerprint density at radius 3 is 2.53 bits per heavy atom. The van der Waals surface area contributed by atoms with Crippen molar-refractivity contribution in [3.63, 3.8) is 0 Å². The molecule has 1 fully saturated rings. The number of halogens is 2. The fourth-order valence-corrected chi connectivity index (χ4v) is 4.74. The summed E-state index contributed by atoms with van der Waals surface area (Å²) in [5.74, 6) is -0.580. The lowest BCUT2D eigenvalue weighted by atomic mass is 9.88. The fourth-order valence-electron chi connectivity index (χ4n) is 4.17. The minimum Gasteiger partial charge on any atom is -0.496 e. The molecule has 0 unspecified atom stereocenters. The maximum atomic E-state index is 13.2. The van der Waals surface area contributed by atoms with Gasteiger partial charge < -0.3 is 24.2 Å². The molecule has 1 N–H and O–H groups in total. The normalized spacial score (nSPS) is 18.5. The van der Waals surface area contributed by atoms with Gasteiger partial charge in [0, 0.05) is 28.1 Å². The van der Waals surface area contributed by atoms with Crippen molar-refractivity contribution in [3.8, 4) is 17.2 Å². The van der Waals surface area contributed by atoms with E-state index in [-0.39, 0.29) is 52.0 Å². The number of rotatable bonds is 7. The predicted molar refractivity (Wildman–Crippen MR) is 125 cm³/mol. The van der Waals surface area contributed by atoms with Crippen molar-refractivity contribution in [1.82, 2.24) is 4.90 Å². The SMILES string of the molecule is COc1cc(OC)c([C@@H]2CCN(C)[C@H]2CO)c(OC(=O)c2cccc(Br)c2Cl)c1C(C)=O. The number of Topliss-reactive ketones (excluding diaryl/α,β-unsaturated/α-hetero) is 1. The van der Waals surface area contributed by atoms with E-state index in [1.165, 1.54) is 21.1 Å². The lowest BCUT2D eigenvalue weighted by Gasteiger charge is -2.27. The van der Waals surface area contributed by atoms with Crippen LogP contribution in [-0.2, 0) is 0 Å². The number of esters is 1. The van der Waals surface area contributed by atoms with Crippen LogP contribution in [0.3, 0.4) is 0 Å². The van der Waals surface area contributed by atoms with E-state index >= 15 is 0 Å². The van der Waals surface area contributed by atoms with Crippen molar-refractivity contribution in [2.24, 2.45) is 0 Å². The molecule has 0 saturated carbocycles. The summed E-state index contributed by atoms with van der Waals surface area (Å²) < 4.78 is 17.4. The molecule has 1 aliphatic heterocycles. The molecule has 2 aromatic rings. The number of likely N-dealkylation sites (tertiary alicyclic amines) is 1. The second-order valence-electron chi connectivity index (χ2n) is 7.57. The number of carbonyl (C=O) groups excluding carboxylic acids is 2. The van der Waals surface area contributed by atoms with E-state index in [1.54, 1.807) is 24.3 Å². The van der Waals surface area contributed by atoms with Crippen LogP contribution in [0.2, 0.25) is 5.02 Å². The molecule has 172 valence electrons. The van der Waals surface area contributed by atoms with Crippen LogP contribution in [-0.4, -0.2) is 62.2 Å². The Balaban J connectivity index is 2.24. The van der Waals surface area contributed by atoms with Gasteiger partial charge in [-0.25, -0.2) is 4.79 Å². The van der Waals surface area contributed by atoms with Crippen molar-refractivity contribution in [1.29, 1.82) is 0 Å². The average Bonchev–Trinajstić information content (AvgIpc) is 3.14. The van der Waals surface area contributed by atoms with Crippen LogP contribution >= 0.6 is 27.5 Å². The fraction of sp³-hybridized carbons (Fsp3) is 0.391. The molecular weight excluding hydrogens is 502 g/mol. The Labute approximate surface area is 200 Å². The van der Waals surface area contributed by atoms with Crippen LogP contribution in [0, 0.1) is 0 Å². The molecule has 3 rings (SSSR count). The zero-order chi connectivity index (χ0) is 23.6. The van der Waals surface area contributed by atoms with Crippen LogP contribution in [0.5, 0.6) is 17.2 Å². The van der Waals surface area contributed by atoms with Gasteiger partial charge in [-0.05, 0) is 55.0 Å². The number of ether oxygens (including phenoxy) is 3. The van der Waals surface area contributed by atoms with Gasteiger partial charge in [-0.15, -0.1) is 0 Å². The van der Waals surface area contributed by atoms with Crippen LogP contribution < -0.4 is 14.2 Å².